The van der Waals surface area contributed by atoms with Gasteiger partial charge in [0.25, 0.3) is 0 Å². The Bertz CT molecular complexity index is 340. The fourth-order valence-electron chi connectivity index (χ4n) is 5.38. The molecule has 3 aliphatic rings. The maximum absolute atomic E-state index is 6.94. The van der Waals surface area contributed by atoms with Crippen LogP contribution in [0.25, 0.3) is 0 Å². The van der Waals surface area contributed by atoms with E-state index < -0.39 is 0 Å². The van der Waals surface area contributed by atoms with Gasteiger partial charge in [0.1, 0.15) is 0 Å². The summed E-state index contributed by atoms with van der Waals surface area (Å²) in [6.07, 6.45) is 14.2. The molecular weight excluding hydrogens is 246 g/mol. The molecule has 3 rings (SSSR count). The molecule has 0 aromatic carbocycles. The Kier molecular flexibility index (Phi) is 3.92. The third-order valence-electron chi connectivity index (χ3n) is 6.37. The smallest absolute Gasteiger partial charge is 0.0685 e. The van der Waals surface area contributed by atoms with Crippen molar-refractivity contribution in [2.75, 3.05) is 6.61 Å². The van der Waals surface area contributed by atoms with Crippen LogP contribution in [-0.2, 0) is 4.74 Å². The standard InChI is InChI=1S/C18H33NO/c1-16(2)8-6-11-18(19,14-16)15-7-12-20-17(13-15)9-4-3-5-10-17/h15H,3-14,19H2,1-2H3. The zero-order valence-corrected chi connectivity index (χ0v) is 13.5. The summed E-state index contributed by atoms with van der Waals surface area (Å²) in [4.78, 5) is 0. The minimum atomic E-state index is 0.0793. The van der Waals surface area contributed by atoms with Crippen LogP contribution < -0.4 is 5.73 Å². The summed E-state index contributed by atoms with van der Waals surface area (Å²) in [5.74, 6) is 0.689. The molecule has 2 atom stereocenters. The first-order chi connectivity index (χ1) is 9.43. The molecule has 2 nitrogen and oxygen atoms in total. The van der Waals surface area contributed by atoms with Gasteiger partial charge in [-0.25, -0.2) is 0 Å². The largest absolute Gasteiger partial charge is 0.375 e. The predicted molar refractivity (Wildman–Crippen MR) is 83.7 cm³/mol. The van der Waals surface area contributed by atoms with E-state index in [-0.39, 0.29) is 11.1 Å². The molecule has 2 unspecified atom stereocenters. The highest BCUT2D eigenvalue weighted by molar-refractivity contribution is 5.03. The molecule has 3 fully saturated rings. The van der Waals surface area contributed by atoms with E-state index in [0.29, 0.717) is 11.3 Å². The molecular formula is C18H33NO. The second kappa shape index (κ2) is 5.28. The van der Waals surface area contributed by atoms with Crippen LogP contribution >= 0.6 is 0 Å². The second-order valence-electron chi connectivity index (χ2n) is 8.71. The number of hydrogen-bond donors (Lipinski definition) is 1. The summed E-state index contributed by atoms with van der Waals surface area (Å²) in [5, 5.41) is 0. The van der Waals surface area contributed by atoms with Gasteiger partial charge in [-0.2, -0.15) is 0 Å². The first-order valence-electron chi connectivity index (χ1n) is 8.86. The average molecular weight is 279 g/mol. The number of ether oxygens (including phenoxy) is 1. The minimum Gasteiger partial charge on any atom is -0.375 e. The van der Waals surface area contributed by atoms with Crippen LogP contribution in [0.1, 0.15) is 84.5 Å². The normalized spacial score (nSPS) is 40.6. The van der Waals surface area contributed by atoms with Crippen molar-refractivity contribution in [3.63, 3.8) is 0 Å². The van der Waals surface area contributed by atoms with Crippen molar-refractivity contribution in [3.05, 3.63) is 0 Å². The Hall–Kier alpha value is -0.0800. The summed E-state index contributed by atoms with van der Waals surface area (Å²) in [5.41, 5.74) is 7.66. The van der Waals surface area contributed by atoms with Crippen molar-refractivity contribution in [3.8, 4) is 0 Å². The van der Waals surface area contributed by atoms with Crippen molar-refractivity contribution in [1.29, 1.82) is 0 Å². The van der Waals surface area contributed by atoms with E-state index in [4.69, 9.17) is 10.5 Å². The zero-order chi connectivity index (χ0) is 14.3. The molecule has 2 saturated carbocycles. The molecule has 2 aliphatic carbocycles. The van der Waals surface area contributed by atoms with E-state index in [2.05, 4.69) is 13.8 Å². The highest BCUT2D eigenvalue weighted by Gasteiger charge is 2.48. The van der Waals surface area contributed by atoms with Crippen LogP contribution in [0.2, 0.25) is 0 Å². The van der Waals surface area contributed by atoms with Crippen LogP contribution in [0.3, 0.4) is 0 Å². The molecule has 116 valence electrons. The molecule has 1 spiro atoms. The zero-order valence-electron chi connectivity index (χ0n) is 13.5. The lowest BCUT2D eigenvalue weighted by molar-refractivity contribution is -0.132. The lowest BCUT2D eigenvalue weighted by Crippen LogP contribution is -2.57. The van der Waals surface area contributed by atoms with Crippen LogP contribution in [0.4, 0.5) is 0 Å². The third kappa shape index (κ3) is 2.92. The maximum atomic E-state index is 6.94. The van der Waals surface area contributed by atoms with Gasteiger partial charge in [-0.3, -0.25) is 0 Å². The van der Waals surface area contributed by atoms with E-state index >= 15 is 0 Å². The van der Waals surface area contributed by atoms with Gasteiger partial charge in [-0.15, -0.1) is 0 Å². The Morgan fingerprint density at radius 3 is 2.40 bits per heavy atom. The lowest BCUT2D eigenvalue weighted by Gasteiger charge is -2.52. The monoisotopic (exact) mass is 279 g/mol. The third-order valence-corrected chi connectivity index (χ3v) is 6.37. The van der Waals surface area contributed by atoms with Crippen molar-refractivity contribution >= 4 is 0 Å². The topological polar surface area (TPSA) is 35.2 Å². The number of nitrogens with two attached hydrogens (primary N) is 1. The molecule has 0 radical (unpaired) electrons. The molecule has 0 aromatic heterocycles. The summed E-state index contributed by atoms with van der Waals surface area (Å²) >= 11 is 0. The molecule has 0 aromatic rings. The SMILES string of the molecule is CC1(C)CCCC(N)(C2CCOC3(CCCCC3)C2)C1. The van der Waals surface area contributed by atoms with Gasteiger partial charge >= 0.3 is 0 Å². The van der Waals surface area contributed by atoms with E-state index in [1.54, 1.807) is 0 Å². The molecule has 0 amide bonds. The molecule has 1 aliphatic heterocycles. The van der Waals surface area contributed by atoms with Crippen LogP contribution in [-0.4, -0.2) is 17.7 Å². The fraction of sp³-hybridized carbons (Fsp3) is 1.00. The Balaban J connectivity index is 1.72. The molecule has 1 saturated heterocycles. The van der Waals surface area contributed by atoms with Crippen molar-refractivity contribution < 1.29 is 4.74 Å². The molecule has 2 N–H and O–H groups in total. The van der Waals surface area contributed by atoms with Gasteiger partial charge in [0.15, 0.2) is 0 Å². The minimum absolute atomic E-state index is 0.0793. The summed E-state index contributed by atoms with van der Waals surface area (Å²) < 4.78 is 6.27. The average Bonchev–Trinajstić information content (AvgIpc) is 2.38. The van der Waals surface area contributed by atoms with Gasteiger partial charge in [0, 0.05) is 12.1 Å². The van der Waals surface area contributed by atoms with Gasteiger partial charge in [0.2, 0.25) is 0 Å². The number of rotatable bonds is 1. The summed E-state index contributed by atoms with van der Waals surface area (Å²) in [6, 6.07) is 0. The quantitative estimate of drug-likeness (QED) is 0.771. The fourth-order valence-corrected chi connectivity index (χ4v) is 5.38. The van der Waals surface area contributed by atoms with E-state index in [1.807, 2.05) is 0 Å². The second-order valence-corrected chi connectivity index (χ2v) is 8.71. The Labute approximate surface area is 124 Å². The van der Waals surface area contributed by atoms with Crippen LogP contribution in [0.15, 0.2) is 0 Å². The molecule has 2 heteroatoms. The van der Waals surface area contributed by atoms with E-state index in [9.17, 15) is 0 Å². The van der Waals surface area contributed by atoms with Gasteiger partial charge < -0.3 is 10.5 Å². The summed E-state index contributed by atoms with van der Waals surface area (Å²) in [6.45, 7) is 5.76. The highest BCUT2D eigenvalue weighted by Crippen LogP contribution is 2.49. The summed E-state index contributed by atoms with van der Waals surface area (Å²) in [7, 11) is 0. The Morgan fingerprint density at radius 2 is 1.70 bits per heavy atom. The molecule has 1 heterocycles. The van der Waals surface area contributed by atoms with Crippen molar-refractivity contribution in [2.24, 2.45) is 17.1 Å². The van der Waals surface area contributed by atoms with Crippen LogP contribution in [0.5, 0.6) is 0 Å². The van der Waals surface area contributed by atoms with Crippen molar-refractivity contribution in [2.45, 2.75) is 95.6 Å². The first-order valence-corrected chi connectivity index (χ1v) is 8.86. The van der Waals surface area contributed by atoms with Gasteiger partial charge in [0.05, 0.1) is 5.60 Å². The van der Waals surface area contributed by atoms with Gasteiger partial charge in [-0.1, -0.05) is 39.5 Å². The van der Waals surface area contributed by atoms with E-state index in [0.717, 1.165) is 6.61 Å². The molecule has 0 bridgehead atoms. The van der Waals surface area contributed by atoms with Gasteiger partial charge in [-0.05, 0) is 56.3 Å². The molecule has 20 heavy (non-hydrogen) atoms. The first kappa shape index (κ1) is 14.8. The maximum Gasteiger partial charge on any atom is 0.0685 e. The van der Waals surface area contributed by atoms with Crippen molar-refractivity contribution in [1.82, 2.24) is 0 Å². The number of hydrogen-bond acceptors (Lipinski definition) is 2. The van der Waals surface area contributed by atoms with Crippen LogP contribution in [0, 0.1) is 11.3 Å². The highest BCUT2D eigenvalue weighted by atomic mass is 16.5. The Morgan fingerprint density at radius 1 is 0.950 bits per heavy atom. The lowest BCUT2D eigenvalue weighted by atomic mass is 9.60. The van der Waals surface area contributed by atoms with E-state index in [1.165, 1.54) is 70.6 Å². The predicted octanol–water partition coefficient (Wildman–Crippen LogP) is 4.41.